The molecule has 0 radical (unpaired) electrons. The summed E-state index contributed by atoms with van der Waals surface area (Å²) in [6.07, 6.45) is -1.71. The number of rotatable bonds is 2. The van der Waals surface area contributed by atoms with Crippen molar-refractivity contribution in [1.82, 2.24) is 9.97 Å². The molecule has 1 amide bonds. The minimum absolute atomic E-state index is 0.101. The second-order valence-electron chi connectivity index (χ2n) is 3.23. The number of hydrogen-bond acceptors (Lipinski definition) is 4. The maximum Gasteiger partial charge on any atom is 0.434 e. The Kier molecular flexibility index (Phi) is 3.28. The molecule has 0 aliphatic heterocycles. The Bertz CT molecular complexity index is 553. The van der Waals surface area contributed by atoms with Gasteiger partial charge in [0.25, 0.3) is 5.91 Å². The van der Waals surface area contributed by atoms with Gasteiger partial charge in [-0.05, 0) is 12.1 Å². The second kappa shape index (κ2) is 4.73. The van der Waals surface area contributed by atoms with Crippen molar-refractivity contribution in [2.45, 2.75) is 6.18 Å². The summed E-state index contributed by atoms with van der Waals surface area (Å²) in [5, 5.41) is 3.02. The molecule has 0 atom stereocenters. The Morgan fingerprint density at radius 3 is 2.72 bits per heavy atom. The zero-order valence-electron chi connectivity index (χ0n) is 8.73. The fraction of sp³-hybridized carbons (Fsp3) is 0.100. The van der Waals surface area contributed by atoms with Crippen molar-refractivity contribution in [1.29, 1.82) is 0 Å². The number of amides is 1. The quantitative estimate of drug-likeness (QED) is 0.915. The van der Waals surface area contributed by atoms with Gasteiger partial charge >= 0.3 is 6.18 Å². The van der Waals surface area contributed by atoms with Crippen LogP contribution in [0, 0.1) is 0 Å². The van der Waals surface area contributed by atoms with Gasteiger partial charge in [0.05, 0.1) is 5.56 Å². The lowest BCUT2D eigenvalue weighted by Gasteiger charge is -2.01. The topological polar surface area (TPSA) is 54.9 Å². The highest BCUT2D eigenvalue weighted by molar-refractivity contribution is 7.14. The molecule has 2 rings (SSSR count). The first-order valence-corrected chi connectivity index (χ1v) is 5.59. The van der Waals surface area contributed by atoms with Gasteiger partial charge < -0.3 is 0 Å². The molecule has 2 heterocycles. The van der Waals surface area contributed by atoms with Crippen LogP contribution in [0.2, 0.25) is 0 Å². The Balaban J connectivity index is 2.11. The van der Waals surface area contributed by atoms with Crippen LogP contribution in [0.1, 0.15) is 16.1 Å². The fourth-order valence-electron chi connectivity index (χ4n) is 1.13. The molecule has 2 aromatic heterocycles. The first-order chi connectivity index (χ1) is 8.47. The van der Waals surface area contributed by atoms with E-state index in [1.165, 1.54) is 18.5 Å². The summed E-state index contributed by atoms with van der Waals surface area (Å²) < 4.78 is 36.8. The molecule has 1 N–H and O–H groups in total. The number of thiazole rings is 1. The average Bonchev–Trinajstić information content (AvgIpc) is 2.78. The van der Waals surface area contributed by atoms with Crippen LogP contribution in [-0.4, -0.2) is 15.9 Å². The summed E-state index contributed by atoms with van der Waals surface area (Å²) in [5.41, 5.74) is -0.768. The van der Waals surface area contributed by atoms with Gasteiger partial charge in [-0.25, -0.2) is 4.98 Å². The Hall–Kier alpha value is -1.96. The van der Waals surface area contributed by atoms with Gasteiger partial charge in [0.2, 0.25) is 0 Å². The predicted molar refractivity (Wildman–Crippen MR) is 59.3 cm³/mol. The maximum absolute atomic E-state index is 12.3. The lowest BCUT2D eigenvalue weighted by Crippen LogP contribution is -2.12. The molecule has 0 saturated heterocycles. The van der Waals surface area contributed by atoms with Crippen molar-refractivity contribution in [3.63, 3.8) is 0 Å². The third-order valence-electron chi connectivity index (χ3n) is 1.94. The van der Waals surface area contributed by atoms with Crippen molar-refractivity contribution in [3.8, 4) is 0 Å². The van der Waals surface area contributed by atoms with Gasteiger partial charge in [-0.3, -0.25) is 15.1 Å². The van der Waals surface area contributed by atoms with Crippen LogP contribution in [0.4, 0.5) is 18.3 Å². The third kappa shape index (κ3) is 2.83. The number of nitrogens with one attached hydrogen (secondary N) is 1. The predicted octanol–water partition coefficient (Wildman–Crippen LogP) is 2.81. The van der Waals surface area contributed by atoms with Gasteiger partial charge in [-0.1, -0.05) is 0 Å². The standard InChI is InChI=1S/C10H6F3N3OS/c11-10(12,13)7-5-18-9(15-7)16-8(17)6-2-1-3-14-4-6/h1-5H,(H,15,16,17). The number of aromatic nitrogens is 2. The van der Waals surface area contributed by atoms with E-state index < -0.39 is 17.8 Å². The summed E-state index contributed by atoms with van der Waals surface area (Å²) in [6.45, 7) is 0. The molecular formula is C10H6F3N3OS. The van der Waals surface area contributed by atoms with Crippen LogP contribution in [0.5, 0.6) is 0 Å². The first-order valence-electron chi connectivity index (χ1n) is 4.71. The van der Waals surface area contributed by atoms with Gasteiger partial charge in [-0.2, -0.15) is 13.2 Å². The minimum atomic E-state index is -4.51. The number of anilines is 1. The summed E-state index contributed by atoms with van der Waals surface area (Å²) in [4.78, 5) is 18.6. The second-order valence-corrected chi connectivity index (χ2v) is 4.09. The molecule has 8 heteroatoms. The molecular weight excluding hydrogens is 267 g/mol. The van der Waals surface area contributed by atoms with E-state index in [0.717, 1.165) is 5.38 Å². The SMILES string of the molecule is O=C(Nc1nc(C(F)(F)F)cs1)c1cccnc1. The molecule has 18 heavy (non-hydrogen) atoms. The smallest absolute Gasteiger partial charge is 0.298 e. The van der Waals surface area contributed by atoms with Crippen LogP contribution in [0.15, 0.2) is 29.9 Å². The molecule has 0 aliphatic rings. The number of nitrogens with zero attached hydrogens (tertiary/aromatic N) is 2. The Morgan fingerprint density at radius 2 is 2.17 bits per heavy atom. The Morgan fingerprint density at radius 1 is 1.39 bits per heavy atom. The minimum Gasteiger partial charge on any atom is -0.298 e. The molecule has 94 valence electrons. The fourth-order valence-corrected chi connectivity index (χ4v) is 1.84. The average molecular weight is 273 g/mol. The molecule has 0 aromatic carbocycles. The monoisotopic (exact) mass is 273 g/mol. The van der Waals surface area contributed by atoms with E-state index in [4.69, 9.17) is 0 Å². The number of alkyl halides is 3. The summed E-state index contributed by atoms with van der Waals surface area (Å²) in [5.74, 6) is -0.550. The van der Waals surface area contributed by atoms with Gasteiger partial charge in [0.1, 0.15) is 0 Å². The van der Waals surface area contributed by atoms with Crippen molar-refractivity contribution >= 4 is 22.4 Å². The van der Waals surface area contributed by atoms with Crippen molar-refractivity contribution in [3.05, 3.63) is 41.2 Å². The van der Waals surface area contributed by atoms with E-state index in [1.807, 2.05) is 0 Å². The third-order valence-corrected chi connectivity index (χ3v) is 2.70. The highest BCUT2D eigenvalue weighted by Gasteiger charge is 2.33. The summed E-state index contributed by atoms with van der Waals surface area (Å²) in [6, 6.07) is 3.05. The van der Waals surface area contributed by atoms with E-state index >= 15 is 0 Å². The summed E-state index contributed by atoms with van der Waals surface area (Å²) in [7, 11) is 0. The lowest BCUT2D eigenvalue weighted by atomic mass is 10.3. The molecule has 2 aromatic rings. The van der Waals surface area contributed by atoms with Crippen LogP contribution in [0.25, 0.3) is 0 Å². The van der Waals surface area contributed by atoms with Crippen molar-refractivity contribution in [2.24, 2.45) is 0 Å². The highest BCUT2D eigenvalue weighted by Crippen LogP contribution is 2.31. The van der Waals surface area contributed by atoms with Crippen LogP contribution < -0.4 is 5.32 Å². The van der Waals surface area contributed by atoms with Crippen molar-refractivity contribution < 1.29 is 18.0 Å². The van der Waals surface area contributed by atoms with E-state index in [9.17, 15) is 18.0 Å². The van der Waals surface area contributed by atoms with Crippen LogP contribution >= 0.6 is 11.3 Å². The zero-order chi connectivity index (χ0) is 13.2. The van der Waals surface area contributed by atoms with Crippen LogP contribution in [-0.2, 0) is 6.18 Å². The highest BCUT2D eigenvalue weighted by atomic mass is 32.1. The number of hydrogen-bond donors (Lipinski definition) is 1. The molecule has 0 fully saturated rings. The molecule has 0 aliphatic carbocycles. The van der Waals surface area contributed by atoms with E-state index in [-0.39, 0.29) is 10.7 Å². The van der Waals surface area contributed by atoms with Gasteiger partial charge in [-0.15, -0.1) is 11.3 Å². The van der Waals surface area contributed by atoms with Crippen molar-refractivity contribution in [2.75, 3.05) is 5.32 Å². The number of carbonyl (C=O) groups excluding carboxylic acids is 1. The van der Waals surface area contributed by atoms with Gasteiger partial charge in [0.15, 0.2) is 10.8 Å². The molecule has 4 nitrogen and oxygen atoms in total. The maximum atomic E-state index is 12.3. The zero-order valence-corrected chi connectivity index (χ0v) is 9.55. The number of halogens is 3. The van der Waals surface area contributed by atoms with E-state index in [1.54, 1.807) is 6.07 Å². The Labute approximate surface area is 104 Å². The normalized spacial score (nSPS) is 11.3. The largest absolute Gasteiger partial charge is 0.434 e. The number of carbonyl (C=O) groups is 1. The lowest BCUT2D eigenvalue weighted by molar-refractivity contribution is -0.140. The molecule has 0 saturated carbocycles. The van der Waals surface area contributed by atoms with Crippen LogP contribution in [0.3, 0.4) is 0 Å². The molecule has 0 unspecified atom stereocenters. The number of pyridine rings is 1. The van der Waals surface area contributed by atoms with Gasteiger partial charge in [0, 0.05) is 17.8 Å². The molecule has 0 bridgehead atoms. The first kappa shape index (κ1) is 12.5. The molecule has 0 spiro atoms. The van der Waals surface area contributed by atoms with E-state index in [2.05, 4.69) is 15.3 Å². The van der Waals surface area contributed by atoms with E-state index in [0.29, 0.717) is 11.3 Å². The summed E-state index contributed by atoms with van der Waals surface area (Å²) >= 11 is 0.716.